The zero-order chi connectivity index (χ0) is 23.6. The quantitative estimate of drug-likeness (QED) is 0.499. The average molecular weight is 496 g/mol. The first-order chi connectivity index (χ1) is 15.9. The van der Waals surface area contributed by atoms with Gasteiger partial charge in [0, 0.05) is 49.3 Å². The summed E-state index contributed by atoms with van der Waals surface area (Å²) in [5, 5.41) is 14.5. The molecule has 0 saturated carbocycles. The lowest BCUT2D eigenvalue weighted by atomic mass is 10.1. The molecule has 2 N–H and O–H groups in total. The monoisotopic (exact) mass is 495 g/mol. The number of ether oxygens (including phenoxy) is 2. The predicted molar refractivity (Wildman–Crippen MR) is 131 cm³/mol. The molecule has 0 bridgehead atoms. The van der Waals surface area contributed by atoms with Crippen molar-refractivity contribution in [3.8, 4) is 11.5 Å². The minimum absolute atomic E-state index is 0.00113. The van der Waals surface area contributed by atoms with Gasteiger partial charge in [-0.05, 0) is 36.2 Å². The molecular weight excluding hydrogens is 465 g/mol. The highest BCUT2D eigenvalue weighted by molar-refractivity contribution is 6.35. The molecule has 1 atom stereocenters. The van der Waals surface area contributed by atoms with E-state index in [0.29, 0.717) is 47.6 Å². The van der Waals surface area contributed by atoms with Gasteiger partial charge >= 0.3 is 0 Å². The van der Waals surface area contributed by atoms with Gasteiger partial charge in [0.15, 0.2) is 11.5 Å². The van der Waals surface area contributed by atoms with E-state index >= 15 is 0 Å². The standard InChI is InChI=1S/C24H31Cl2N3O4/c1-32-22-4-2-3-5-23(22)33-17-20(30)15-28-10-12-29(13-11-28)16-24(31)27-9-8-18-6-7-19(25)14-21(18)26/h2-7,14,20,30H,8-13,15-17H2,1H3,(H,27,31). The number of amides is 1. The summed E-state index contributed by atoms with van der Waals surface area (Å²) in [5.41, 5.74) is 0.961. The van der Waals surface area contributed by atoms with Crippen molar-refractivity contribution in [2.45, 2.75) is 12.5 Å². The largest absolute Gasteiger partial charge is 0.493 e. The Kier molecular flexibility index (Phi) is 10.1. The third kappa shape index (κ3) is 8.36. The van der Waals surface area contributed by atoms with E-state index in [1.54, 1.807) is 19.2 Å². The van der Waals surface area contributed by atoms with Crippen molar-refractivity contribution in [2.75, 3.05) is 59.5 Å². The summed E-state index contributed by atoms with van der Waals surface area (Å²) in [4.78, 5) is 16.6. The molecule has 1 aliphatic rings. The molecule has 0 aromatic heterocycles. The Labute approximate surface area is 205 Å². The zero-order valence-electron chi connectivity index (χ0n) is 18.8. The number of benzene rings is 2. The van der Waals surface area contributed by atoms with Gasteiger partial charge in [-0.25, -0.2) is 0 Å². The van der Waals surface area contributed by atoms with Gasteiger partial charge < -0.3 is 19.9 Å². The summed E-state index contributed by atoms with van der Waals surface area (Å²) in [5.74, 6) is 1.26. The highest BCUT2D eigenvalue weighted by Crippen LogP contribution is 2.26. The molecular formula is C24H31Cl2N3O4. The second kappa shape index (κ2) is 13.0. The van der Waals surface area contributed by atoms with Gasteiger partial charge in [-0.3, -0.25) is 14.6 Å². The molecule has 2 aromatic rings. The van der Waals surface area contributed by atoms with Gasteiger partial charge in [-0.2, -0.15) is 0 Å². The van der Waals surface area contributed by atoms with Crippen molar-refractivity contribution in [1.29, 1.82) is 0 Å². The molecule has 0 spiro atoms. The molecule has 180 valence electrons. The number of halogens is 2. The summed E-state index contributed by atoms with van der Waals surface area (Å²) in [7, 11) is 1.59. The Morgan fingerprint density at radius 3 is 2.48 bits per heavy atom. The molecule has 1 fully saturated rings. The van der Waals surface area contributed by atoms with E-state index in [1.165, 1.54) is 0 Å². The van der Waals surface area contributed by atoms with Crippen LogP contribution in [0.15, 0.2) is 42.5 Å². The zero-order valence-corrected chi connectivity index (χ0v) is 20.3. The van der Waals surface area contributed by atoms with Crippen LogP contribution in [0.5, 0.6) is 11.5 Å². The molecule has 3 rings (SSSR count). The number of aliphatic hydroxyl groups is 1. The van der Waals surface area contributed by atoms with Gasteiger partial charge in [0.25, 0.3) is 0 Å². The summed E-state index contributed by atoms with van der Waals surface area (Å²) in [6, 6.07) is 12.8. The fourth-order valence-electron chi connectivity index (χ4n) is 3.72. The highest BCUT2D eigenvalue weighted by Gasteiger charge is 2.21. The number of nitrogens with zero attached hydrogens (tertiary/aromatic N) is 2. The van der Waals surface area contributed by atoms with Crippen molar-refractivity contribution in [2.24, 2.45) is 0 Å². The molecule has 2 aromatic carbocycles. The fraction of sp³-hybridized carbons (Fsp3) is 0.458. The first kappa shape index (κ1) is 25.6. The Hall–Kier alpha value is -2.03. The summed E-state index contributed by atoms with van der Waals surface area (Å²) >= 11 is 12.1. The van der Waals surface area contributed by atoms with E-state index in [0.717, 1.165) is 31.7 Å². The number of para-hydroxylation sites is 2. The minimum Gasteiger partial charge on any atom is -0.493 e. The number of β-amino-alcohol motifs (C(OH)–C–C–N with tert-alkyl or cyclic N) is 1. The molecule has 9 heteroatoms. The average Bonchev–Trinajstić information content (AvgIpc) is 2.80. The molecule has 0 aliphatic carbocycles. The molecule has 1 amide bonds. The van der Waals surface area contributed by atoms with Crippen molar-refractivity contribution in [1.82, 2.24) is 15.1 Å². The number of aliphatic hydroxyl groups excluding tert-OH is 1. The lowest BCUT2D eigenvalue weighted by Crippen LogP contribution is -2.51. The second-order valence-corrected chi connectivity index (χ2v) is 8.87. The van der Waals surface area contributed by atoms with Gasteiger partial charge in [-0.1, -0.05) is 41.4 Å². The van der Waals surface area contributed by atoms with Crippen LogP contribution in [-0.4, -0.2) is 86.4 Å². The number of carbonyl (C=O) groups excluding carboxylic acids is 1. The van der Waals surface area contributed by atoms with Crippen LogP contribution in [0.3, 0.4) is 0 Å². The summed E-state index contributed by atoms with van der Waals surface area (Å²) in [6.07, 6.45) is 0.0501. The van der Waals surface area contributed by atoms with Crippen LogP contribution in [0, 0.1) is 0 Å². The minimum atomic E-state index is -0.607. The number of carbonyl (C=O) groups is 1. The van der Waals surface area contributed by atoms with E-state index in [2.05, 4.69) is 15.1 Å². The van der Waals surface area contributed by atoms with Crippen LogP contribution in [0.1, 0.15) is 5.56 Å². The number of hydrogen-bond acceptors (Lipinski definition) is 6. The van der Waals surface area contributed by atoms with Crippen LogP contribution < -0.4 is 14.8 Å². The molecule has 33 heavy (non-hydrogen) atoms. The summed E-state index contributed by atoms with van der Waals surface area (Å²) in [6.45, 7) is 4.74. The highest BCUT2D eigenvalue weighted by atomic mass is 35.5. The number of methoxy groups -OCH3 is 1. The second-order valence-electron chi connectivity index (χ2n) is 8.03. The van der Waals surface area contributed by atoms with E-state index in [-0.39, 0.29) is 12.5 Å². The van der Waals surface area contributed by atoms with Crippen molar-refractivity contribution in [3.05, 3.63) is 58.1 Å². The lowest BCUT2D eigenvalue weighted by molar-refractivity contribution is -0.122. The normalized spacial score (nSPS) is 15.8. The van der Waals surface area contributed by atoms with Crippen LogP contribution in [0.2, 0.25) is 10.0 Å². The molecule has 0 radical (unpaired) electrons. The molecule has 1 aliphatic heterocycles. The van der Waals surface area contributed by atoms with E-state index in [9.17, 15) is 9.90 Å². The van der Waals surface area contributed by atoms with Crippen LogP contribution >= 0.6 is 23.2 Å². The first-order valence-corrected chi connectivity index (χ1v) is 11.8. The van der Waals surface area contributed by atoms with Gasteiger partial charge in [0.05, 0.1) is 13.7 Å². The predicted octanol–water partition coefficient (Wildman–Crippen LogP) is 2.72. The molecule has 1 unspecified atom stereocenters. The van der Waals surface area contributed by atoms with Crippen molar-refractivity contribution < 1.29 is 19.4 Å². The maximum Gasteiger partial charge on any atom is 0.234 e. The maximum atomic E-state index is 12.3. The number of rotatable bonds is 11. The van der Waals surface area contributed by atoms with E-state index in [1.807, 2.05) is 30.3 Å². The van der Waals surface area contributed by atoms with Crippen molar-refractivity contribution >= 4 is 29.1 Å². The number of nitrogens with one attached hydrogen (secondary N) is 1. The Balaban J connectivity index is 1.31. The third-order valence-electron chi connectivity index (χ3n) is 5.53. The maximum absolute atomic E-state index is 12.3. The van der Waals surface area contributed by atoms with Gasteiger partial charge in [0.1, 0.15) is 12.7 Å². The Morgan fingerprint density at radius 2 is 1.79 bits per heavy atom. The first-order valence-electron chi connectivity index (χ1n) is 11.0. The summed E-state index contributed by atoms with van der Waals surface area (Å²) < 4.78 is 11.0. The van der Waals surface area contributed by atoms with Crippen LogP contribution in [0.25, 0.3) is 0 Å². The van der Waals surface area contributed by atoms with Crippen LogP contribution in [-0.2, 0) is 11.2 Å². The molecule has 1 heterocycles. The Morgan fingerprint density at radius 1 is 1.09 bits per heavy atom. The van der Waals surface area contributed by atoms with Gasteiger partial charge in [0.2, 0.25) is 5.91 Å². The van der Waals surface area contributed by atoms with E-state index in [4.69, 9.17) is 32.7 Å². The topological polar surface area (TPSA) is 74.3 Å². The number of hydrogen-bond donors (Lipinski definition) is 2. The third-order valence-corrected chi connectivity index (χ3v) is 6.12. The fourth-order valence-corrected chi connectivity index (χ4v) is 4.23. The van der Waals surface area contributed by atoms with E-state index < -0.39 is 6.10 Å². The molecule has 7 nitrogen and oxygen atoms in total. The number of piperazine rings is 1. The SMILES string of the molecule is COc1ccccc1OCC(O)CN1CCN(CC(=O)NCCc2ccc(Cl)cc2Cl)CC1. The smallest absolute Gasteiger partial charge is 0.234 e. The van der Waals surface area contributed by atoms with Gasteiger partial charge in [-0.15, -0.1) is 0 Å². The van der Waals surface area contributed by atoms with Crippen molar-refractivity contribution in [3.63, 3.8) is 0 Å². The Bertz CT molecular complexity index is 907. The molecule has 1 saturated heterocycles. The lowest BCUT2D eigenvalue weighted by Gasteiger charge is -2.35. The van der Waals surface area contributed by atoms with Crippen LogP contribution in [0.4, 0.5) is 0 Å².